The van der Waals surface area contributed by atoms with E-state index >= 15 is 0 Å². The van der Waals surface area contributed by atoms with E-state index in [1.54, 1.807) is 0 Å². The van der Waals surface area contributed by atoms with Gasteiger partial charge in [-0.15, -0.1) is 24.0 Å². The largest absolute Gasteiger partial charge is 0.377 e. The number of fused-ring (bicyclic) bond motifs is 1. The van der Waals surface area contributed by atoms with Gasteiger partial charge < -0.3 is 20.1 Å². The predicted molar refractivity (Wildman–Crippen MR) is 104 cm³/mol. The summed E-state index contributed by atoms with van der Waals surface area (Å²) in [5.74, 6) is 1.50. The van der Waals surface area contributed by atoms with E-state index in [-0.39, 0.29) is 35.0 Å². The molecule has 1 saturated carbocycles. The molecule has 0 aromatic heterocycles. The maximum atomic E-state index is 5.97. The average Bonchev–Trinajstić information content (AvgIpc) is 2.94. The van der Waals surface area contributed by atoms with Crippen LogP contribution in [0.25, 0.3) is 0 Å². The predicted octanol–water partition coefficient (Wildman–Crippen LogP) is 2.54. The lowest BCUT2D eigenvalue weighted by Gasteiger charge is -2.60. The van der Waals surface area contributed by atoms with E-state index in [4.69, 9.17) is 9.47 Å². The molecular formula is C17H32IN3O2. The van der Waals surface area contributed by atoms with Crippen molar-refractivity contribution in [3.05, 3.63) is 0 Å². The van der Waals surface area contributed by atoms with E-state index in [1.165, 1.54) is 12.8 Å². The normalized spacial score (nSPS) is 39.0. The number of guanidine groups is 1. The minimum atomic E-state index is -0.0523. The first-order valence-electron chi connectivity index (χ1n) is 8.69. The number of ether oxygens (including phenoxy) is 2. The molecule has 6 heteroatoms. The highest BCUT2D eigenvalue weighted by atomic mass is 127. The molecule has 5 nitrogen and oxygen atoms in total. The minimum absolute atomic E-state index is 0. The maximum Gasteiger partial charge on any atom is 0.191 e. The van der Waals surface area contributed by atoms with Gasteiger partial charge in [-0.2, -0.15) is 0 Å². The van der Waals surface area contributed by atoms with Crippen LogP contribution in [0.2, 0.25) is 0 Å². The Morgan fingerprint density at radius 3 is 2.65 bits per heavy atom. The fraction of sp³-hybridized carbons (Fsp3) is 0.941. The fourth-order valence-corrected chi connectivity index (χ4v) is 4.40. The molecule has 4 unspecified atom stereocenters. The number of hydrogen-bond acceptors (Lipinski definition) is 3. The number of halogens is 1. The van der Waals surface area contributed by atoms with Gasteiger partial charge in [0.1, 0.15) is 0 Å². The van der Waals surface area contributed by atoms with Gasteiger partial charge in [0.05, 0.1) is 11.7 Å². The monoisotopic (exact) mass is 437 g/mol. The molecule has 2 aliphatic heterocycles. The Morgan fingerprint density at radius 1 is 1.22 bits per heavy atom. The van der Waals surface area contributed by atoms with Crippen molar-refractivity contribution < 1.29 is 9.47 Å². The molecule has 0 amide bonds. The number of nitrogens with zero attached hydrogens (tertiary/aromatic N) is 1. The fourth-order valence-electron chi connectivity index (χ4n) is 4.40. The van der Waals surface area contributed by atoms with Crippen LogP contribution >= 0.6 is 24.0 Å². The lowest BCUT2D eigenvalue weighted by molar-refractivity contribution is -0.188. The number of nitrogens with one attached hydrogen (secondary N) is 2. The van der Waals surface area contributed by atoms with Gasteiger partial charge in [0.15, 0.2) is 5.96 Å². The van der Waals surface area contributed by atoms with E-state index in [2.05, 4.69) is 36.4 Å². The van der Waals surface area contributed by atoms with Crippen molar-refractivity contribution in [2.45, 2.75) is 64.2 Å². The third kappa shape index (κ3) is 3.79. The smallest absolute Gasteiger partial charge is 0.191 e. The van der Waals surface area contributed by atoms with E-state index < -0.39 is 0 Å². The first-order chi connectivity index (χ1) is 10.5. The first kappa shape index (κ1) is 19.2. The Bertz CT molecular complexity index is 436. The lowest BCUT2D eigenvalue weighted by atomic mass is 9.55. The third-order valence-electron chi connectivity index (χ3n) is 5.78. The molecule has 4 atom stereocenters. The molecule has 134 valence electrons. The van der Waals surface area contributed by atoms with Crippen molar-refractivity contribution in [2.75, 3.05) is 26.8 Å². The SMILES string of the molecule is CN=C(NCC1(C)CCCO1)NC1C2CCCOC2C1(C)C.I. The van der Waals surface area contributed by atoms with Crippen LogP contribution in [0.15, 0.2) is 4.99 Å². The molecule has 2 saturated heterocycles. The van der Waals surface area contributed by atoms with Crippen LogP contribution in [0.1, 0.15) is 46.5 Å². The first-order valence-corrected chi connectivity index (χ1v) is 8.69. The molecule has 3 fully saturated rings. The molecule has 3 aliphatic rings. The van der Waals surface area contributed by atoms with Crippen molar-refractivity contribution in [1.29, 1.82) is 0 Å². The number of aliphatic imine (C=N–C) groups is 1. The van der Waals surface area contributed by atoms with E-state index in [0.29, 0.717) is 18.1 Å². The summed E-state index contributed by atoms with van der Waals surface area (Å²) < 4.78 is 11.8. The van der Waals surface area contributed by atoms with Gasteiger partial charge in [0.25, 0.3) is 0 Å². The highest BCUT2D eigenvalue weighted by molar-refractivity contribution is 14.0. The zero-order valence-corrected chi connectivity index (χ0v) is 17.2. The summed E-state index contributed by atoms with van der Waals surface area (Å²) in [7, 11) is 1.84. The highest BCUT2D eigenvalue weighted by Crippen LogP contribution is 2.51. The number of hydrogen-bond donors (Lipinski definition) is 2. The van der Waals surface area contributed by atoms with Crippen molar-refractivity contribution in [3.8, 4) is 0 Å². The Labute approximate surface area is 157 Å². The van der Waals surface area contributed by atoms with Crippen molar-refractivity contribution in [2.24, 2.45) is 16.3 Å². The molecule has 0 spiro atoms. The third-order valence-corrected chi connectivity index (χ3v) is 5.78. The summed E-state index contributed by atoms with van der Waals surface area (Å²) in [5, 5.41) is 7.09. The summed E-state index contributed by atoms with van der Waals surface area (Å²) in [4.78, 5) is 4.40. The molecule has 2 N–H and O–H groups in total. The van der Waals surface area contributed by atoms with Gasteiger partial charge in [-0.1, -0.05) is 13.8 Å². The standard InChI is InChI=1S/C17H31N3O2.HI/c1-16(2)13(12-7-5-9-21-14(12)16)20-15(18-4)19-11-17(3)8-6-10-22-17;/h12-14H,5-11H2,1-4H3,(H2,18,19,20);1H. The summed E-state index contributed by atoms with van der Waals surface area (Å²) in [6.45, 7) is 9.38. The van der Waals surface area contributed by atoms with Gasteiger partial charge in [-0.3, -0.25) is 4.99 Å². The zero-order chi connectivity index (χ0) is 15.8. The Balaban J connectivity index is 0.00000192. The Morgan fingerprint density at radius 2 is 2.00 bits per heavy atom. The molecule has 0 radical (unpaired) electrons. The van der Waals surface area contributed by atoms with Crippen molar-refractivity contribution in [3.63, 3.8) is 0 Å². The average molecular weight is 437 g/mol. The Kier molecular flexibility index (Phi) is 6.22. The summed E-state index contributed by atoms with van der Waals surface area (Å²) in [5.41, 5.74) is 0.111. The topological polar surface area (TPSA) is 54.9 Å². The van der Waals surface area contributed by atoms with Crippen molar-refractivity contribution >= 4 is 29.9 Å². The molecular weight excluding hydrogens is 405 g/mol. The van der Waals surface area contributed by atoms with Crippen LogP contribution in [-0.2, 0) is 9.47 Å². The molecule has 23 heavy (non-hydrogen) atoms. The van der Waals surface area contributed by atoms with Gasteiger partial charge in [0, 0.05) is 44.2 Å². The van der Waals surface area contributed by atoms with Crippen molar-refractivity contribution in [1.82, 2.24) is 10.6 Å². The van der Waals surface area contributed by atoms with E-state index in [0.717, 1.165) is 38.6 Å². The maximum absolute atomic E-state index is 5.97. The molecule has 3 rings (SSSR count). The van der Waals surface area contributed by atoms with Crippen LogP contribution in [0.3, 0.4) is 0 Å². The molecule has 0 aromatic rings. The van der Waals surface area contributed by atoms with Gasteiger partial charge in [0.2, 0.25) is 0 Å². The summed E-state index contributed by atoms with van der Waals surface area (Å²) >= 11 is 0. The molecule has 0 aromatic carbocycles. The second-order valence-corrected chi connectivity index (χ2v) is 7.87. The van der Waals surface area contributed by atoms with Gasteiger partial charge in [-0.25, -0.2) is 0 Å². The summed E-state index contributed by atoms with van der Waals surface area (Å²) in [6.07, 6.45) is 5.09. The van der Waals surface area contributed by atoms with Crippen LogP contribution in [0.4, 0.5) is 0 Å². The van der Waals surface area contributed by atoms with Crippen LogP contribution in [-0.4, -0.2) is 50.5 Å². The van der Waals surface area contributed by atoms with Crippen LogP contribution in [0, 0.1) is 11.3 Å². The van der Waals surface area contributed by atoms with Crippen LogP contribution < -0.4 is 10.6 Å². The van der Waals surface area contributed by atoms with E-state index in [9.17, 15) is 0 Å². The van der Waals surface area contributed by atoms with E-state index in [1.807, 2.05) is 7.05 Å². The summed E-state index contributed by atoms with van der Waals surface area (Å²) in [6, 6.07) is 0.432. The Hall–Kier alpha value is -0.0800. The quantitative estimate of drug-likeness (QED) is 0.405. The van der Waals surface area contributed by atoms with Gasteiger partial charge >= 0.3 is 0 Å². The van der Waals surface area contributed by atoms with Gasteiger partial charge in [-0.05, 0) is 32.6 Å². The molecule has 2 heterocycles. The second kappa shape index (κ2) is 7.44. The second-order valence-electron chi connectivity index (χ2n) is 7.87. The zero-order valence-electron chi connectivity index (χ0n) is 14.9. The number of rotatable bonds is 3. The molecule has 0 bridgehead atoms. The lowest BCUT2D eigenvalue weighted by Crippen LogP contribution is -2.71. The highest BCUT2D eigenvalue weighted by Gasteiger charge is 2.58. The van der Waals surface area contributed by atoms with Crippen LogP contribution in [0.5, 0.6) is 0 Å². The molecule has 1 aliphatic carbocycles. The minimum Gasteiger partial charge on any atom is -0.377 e.